The van der Waals surface area contributed by atoms with Crippen LogP contribution in [-0.2, 0) is 0 Å². The van der Waals surface area contributed by atoms with Crippen molar-refractivity contribution in [2.75, 3.05) is 13.1 Å². The largest absolute Gasteiger partial charge is 0.317 e. The van der Waals surface area contributed by atoms with Crippen LogP contribution in [0.2, 0.25) is 0 Å². The van der Waals surface area contributed by atoms with Gasteiger partial charge in [0.05, 0.1) is 0 Å². The fourth-order valence-electron chi connectivity index (χ4n) is 2.83. The van der Waals surface area contributed by atoms with Crippen molar-refractivity contribution in [3.63, 3.8) is 0 Å². The van der Waals surface area contributed by atoms with Crippen LogP contribution < -0.4 is 5.32 Å². The molecule has 1 fully saturated rings. The van der Waals surface area contributed by atoms with Crippen LogP contribution in [0.15, 0.2) is 24.3 Å². The maximum atomic E-state index is 13.1. The summed E-state index contributed by atoms with van der Waals surface area (Å²) in [6, 6.07) is 6.65. The number of nitrogens with one attached hydrogen (secondary N) is 1. The maximum Gasteiger partial charge on any atom is 0.171 e. The van der Waals surface area contributed by atoms with Crippen LogP contribution in [0.5, 0.6) is 0 Å². The summed E-state index contributed by atoms with van der Waals surface area (Å²) in [5.41, 5.74) is 1.04. The average Bonchev–Trinajstić information content (AvgIpc) is 2.89. The molecule has 1 aliphatic rings. The molecule has 3 rings (SSSR count). The number of rotatable bonds is 3. The highest BCUT2D eigenvalue weighted by Crippen LogP contribution is 2.31. The zero-order valence-electron chi connectivity index (χ0n) is 11.5. The minimum atomic E-state index is -0.222. The molecule has 106 valence electrons. The zero-order valence-corrected chi connectivity index (χ0v) is 11.5. The van der Waals surface area contributed by atoms with Crippen molar-refractivity contribution in [2.45, 2.75) is 25.8 Å². The van der Waals surface area contributed by atoms with Gasteiger partial charge in [0.2, 0.25) is 0 Å². The van der Waals surface area contributed by atoms with Gasteiger partial charge in [-0.15, -0.1) is 10.2 Å². The van der Waals surface area contributed by atoms with E-state index in [1.807, 2.05) is 19.1 Å². The third-order valence-corrected chi connectivity index (χ3v) is 3.82. The molecule has 5 nitrogen and oxygen atoms in total. The van der Waals surface area contributed by atoms with E-state index in [-0.39, 0.29) is 11.9 Å². The lowest BCUT2D eigenvalue weighted by Crippen LogP contribution is -2.34. The normalized spacial score (nSPS) is 18.1. The molecule has 0 saturated carbocycles. The quantitative estimate of drug-likeness (QED) is 0.926. The predicted molar refractivity (Wildman–Crippen MR) is 72.7 cm³/mol. The predicted octanol–water partition coefficient (Wildman–Crippen LogP) is 1.71. The standard InChI is InChI=1S/C14H18FN5/c1-10-17-19-20(18-10)14(12-6-8-16-9-7-12)11-2-4-13(15)5-3-11/h2-5,12,14,16H,6-9H2,1H3. The summed E-state index contributed by atoms with van der Waals surface area (Å²) in [6.45, 7) is 3.82. The van der Waals surface area contributed by atoms with Crippen molar-refractivity contribution in [2.24, 2.45) is 5.92 Å². The first-order valence-corrected chi connectivity index (χ1v) is 6.96. The van der Waals surface area contributed by atoms with E-state index >= 15 is 0 Å². The molecule has 0 bridgehead atoms. The van der Waals surface area contributed by atoms with Crippen LogP contribution in [0.25, 0.3) is 0 Å². The summed E-state index contributed by atoms with van der Waals surface area (Å²) in [7, 11) is 0. The van der Waals surface area contributed by atoms with E-state index in [1.165, 1.54) is 12.1 Å². The van der Waals surface area contributed by atoms with E-state index in [0.29, 0.717) is 11.7 Å². The van der Waals surface area contributed by atoms with E-state index < -0.39 is 0 Å². The van der Waals surface area contributed by atoms with Gasteiger partial charge in [0.1, 0.15) is 11.9 Å². The molecule has 0 amide bonds. The lowest BCUT2D eigenvalue weighted by molar-refractivity contribution is 0.257. The Labute approximate surface area is 117 Å². The Balaban J connectivity index is 1.95. The SMILES string of the molecule is Cc1nnn(C(c2ccc(F)cc2)C2CCNCC2)n1. The Morgan fingerprint density at radius 2 is 1.95 bits per heavy atom. The number of hydrogen-bond acceptors (Lipinski definition) is 4. The first kappa shape index (κ1) is 13.2. The molecule has 0 aliphatic carbocycles. The van der Waals surface area contributed by atoms with Gasteiger partial charge < -0.3 is 5.32 Å². The van der Waals surface area contributed by atoms with Crippen molar-refractivity contribution < 1.29 is 4.39 Å². The van der Waals surface area contributed by atoms with E-state index in [2.05, 4.69) is 20.7 Å². The van der Waals surface area contributed by atoms with Gasteiger partial charge in [-0.2, -0.15) is 4.80 Å². The van der Waals surface area contributed by atoms with Gasteiger partial charge in [0.25, 0.3) is 0 Å². The number of halogens is 1. The van der Waals surface area contributed by atoms with Crippen LogP contribution >= 0.6 is 0 Å². The zero-order chi connectivity index (χ0) is 13.9. The molecule has 1 aromatic heterocycles. The van der Waals surface area contributed by atoms with Crippen LogP contribution in [0.3, 0.4) is 0 Å². The van der Waals surface area contributed by atoms with Gasteiger partial charge in [-0.05, 0) is 61.7 Å². The van der Waals surface area contributed by atoms with Gasteiger partial charge in [-0.25, -0.2) is 4.39 Å². The number of aryl methyl sites for hydroxylation is 1. The van der Waals surface area contributed by atoms with Crippen molar-refractivity contribution >= 4 is 0 Å². The summed E-state index contributed by atoms with van der Waals surface area (Å²) in [6.07, 6.45) is 2.12. The second kappa shape index (κ2) is 5.66. The molecule has 1 aliphatic heterocycles. The maximum absolute atomic E-state index is 13.1. The molecule has 20 heavy (non-hydrogen) atoms. The molecule has 0 radical (unpaired) electrons. The second-order valence-electron chi connectivity index (χ2n) is 5.24. The van der Waals surface area contributed by atoms with Crippen molar-refractivity contribution in [1.82, 2.24) is 25.5 Å². The molecule has 6 heteroatoms. The third-order valence-electron chi connectivity index (χ3n) is 3.82. The van der Waals surface area contributed by atoms with Gasteiger partial charge in [0, 0.05) is 0 Å². The molecule has 0 spiro atoms. The number of piperidine rings is 1. The minimum absolute atomic E-state index is 0.0268. The first-order chi connectivity index (χ1) is 9.74. The Morgan fingerprint density at radius 1 is 1.25 bits per heavy atom. The number of hydrogen-bond donors (Lipinski definition) is 1. The van der Waals surface area contributed by atoms with Crippen LogP contribution in [-0.4, -0.2) is 33.3 Å². The van der Waals surface area contributed by atoms with E-state index in [9.17, 15) is 4.39 Å². The summed E-state index contributed by atoms with van der Waals surface area (Å²) in [5, 5.41) is 15.8. The first-order valence-electron chi connectivity index (χ1n) is 6.96. The topological polar surface area (TPSA) is 55.6 Å². The van der Waals surface area contributed by atoms with Crippen LogP contribution in [0, 0.1) is 18.7 Å². The summed E-state index contributed by atoms with van der Waals surface area (Å²) < 4.78 is 13.1. The summed E-state index contributed by atoms with van der Waals surface area (Å²) in [4.78, 5) is 1.68. The highest BCUT2D eigenvalue weighted by molar-refractivity contribution is 5.21. The van der Waals surface area contributed by atoms with Gasteiger partial charge in [-0.1, -0.05) is 12.1 Å². The van der Waals surface area contributed by atoms with Crippen LogP contribution in [0.1, 0.15) is 30.3 Å². The molecule has 1 atom stereocenters. The van der Waals surface area contributed by atoms with Crippen molar-refractivity contribution in [3.05, 3.63) is 41.5 Å². The molecular formula is C14H18FN5. The minimum Gasteiger partial charge on any atom is -0.317 e. The smallest absolute Gasteiger partial charge is 0.171 e. The molecular weight excluding hydrogens is 257 g/mol. The second-order valence-corrected chi connectivity index (χ2v) is 5.24. The Kier molecular flexibility index (Phi) is 3.73. The van der Waals surface area contributed by atoms with E-state index in [1.54, 1.807) is 4.80 Å². The van der Waals surface area contributed by atoms with Gasteiger partial charge >= 0.3 is 0 Å². The van der Waals surface area contributed by atoms with Gasteiger partial charge in [0.15, 0.2) is 5.82 Å². The fourth-order valence-corrected chi connectivity index (χ4v) is 2.83. The average molecular weight is 275 g/mol. The Hall–Kier alpha value is -1.82. The Morgan fingerprint density at radius 3 is 2.55 bits per heavy atom. The number of nitrogens with zero attached hydrogens (tertiary/aromatic N) is 4. The fraction of sp³-hybridized carbons (Fsp3) is 0.500. The lowest BCUT2D eigenvalue weighted by atomic mass is 9.86. The number of benzene rings is 1. The molecule has 1 aromatic carbocycles. The summed E-state index contributed by atoms with van der Waals surface area (Å²) in [5.74, 6) is 0.877. The van der Waals surface area contributed by atoms with E-state index in [0.717, 1.165) is 31.5 Å². The molecule has 2 aromatic rings. The van der Waals surface area contributed by atoms with Crippen LogP contribution in [0.4, 0.5) is 4.39 Å². The molecule has 1 N–H and O–H groups in total. The van der Waals surface area contributed by atoms with Crippen molar-refractivity contribution in [3.8, 4) is 0 Å². The molecule has 1 saturated heterocycles. The van der Waals surface area contributed by atoms with E-state index in [4.69, 9.17) is 0 Å². The third kappa shape index (κ3) is 2.70. The number of tetrazole rings is 1. The van der Waals surface area contributed by atoms with Gasteiger partial charge in [-0.3, -0.25) is 0 Å². The molecule has 1 unspecified atom stereocenters. The Bertz CT molecular complexity index is 559. The van der Waals surface area contributed by atoms with Crippen molar-refractivity contribution in [1.29, 1.82) is 0 Å². The summed E-state index contributed by atoms with van der Waals surface area (Å²) >= 11 is 0. The number of aromatic nitrogens is 4. The lowest BCUT2D eigenvalue weighted by Gasteiger charge is -2.30. The highest BCUT2D eigenvalue weighted by atomic mass is 19.1. The highest BCUT2D eigenvalue weighted by Gasteiger charge is 2.28. The monoisotopic (exact) mass is 275 g/mol. The molecule has 2 heterocycles.